The lowest BCUT2D eigenvalue weighted by molar-refractivity contribution is -0.118. The van der Waals surface area contributed by atoms with Crippen LogP contribution in [0.15, 0.2) is 78.9 Å². The van der Waals surface area contributed by atoms with Crippen LogP contribution in [0.1, 0.15) is 35.7 Å². The van der Waals surface area contributed by atoms with Crippen molar-refractivity contribution in [2.45, 2.75) is 32.2 Å². The number of rotatable bonds is 11. The summed E-state index contributed by atoms with van der Waals surface area (Å²) < 4.78 is 5.67. The van der Waals surface area contributed by atoms with Gasteiger partial charge < -0.3 is 10.1 Å². The molecule has 2 N–H and O–H groups in total. The molecule has 4 rings (SSSR count). The largest absolute Gasteiger partial charge is 0.494 e. The fourth-order valence-corrected chi connectivity index (χ4v) is 4.39. The molecule has 9 heteroatoms. The Hall–Kier alpha value is -3.75. The molecule has 7 nitrogen and oxygen atoms in total. The first-order chi connectivity index (χ1) is 18.0. The van der Waals surface area contributed by atoms with Gasteiger partial charge in [-0.2, -0.15) is 0 Å². The van der Waals surface area contributed by atoms with E-state index >= 15 is 0 Å². The van der Waals surface area contributed by atoms with Gasteiger partial charge in [0.1, 0.15) is 16.8 Å². The zero-order valence-electron chi connectivity index (χ0n) is 20.3. The molecule has 3 aromatic carbocycles. The van der Waals surface area contributed by atoms with E-state index in [0.29, 0.717) is 39.5 Å². The van der Waals surface area contributed by atoms with Crippen molar-refractivity contribution < 1.29 is 14.3 Å². The molecule has 0 aliphatic rings. The fourth-order valence-electron chi connectivity index (χ4n) is 3.51. The van der Waals surface area contributed by atoms with E-state index in [2.05, 4.69) is 27.8 Å². The molecule has 4 aromatic rings. The molecule has 190 valence electrons. The predicted octanol–water partition coefficient (Wildman–Crippen LogP) is 6.02. The number of carbonyl (C=O) groups is 2. The van der Waals surface area contributed by atoms with E-state index < -0.39 is 6.04 Å². The number of aromatic nitrogens is 2. The van der Waals surface area contributed by atoms with Crippen LogP contribution in [0.4, 0.5) is 5.13 Å². The molecule has 0 spiro atoms. The van der Waals surface area contributed by atoms with Gasteiger partial charge >= 0.3 is 0 Å². The lowest BCUT2D eigenvalue weighted by atomic mass is 10.0. The van der Waals surface area contributed by atoms with E-state index in [4.69, 9.17) is 16.3 Å². The molecule has 0 fully saturated rings. The highest BCUT2D eigenvalue weighted by molar-refractivity contribution is 7.18. The number of ether oxygens (including phenoxy) is 1. The average Bonchev–Trinajstić information content (AvgIpc) is 3.38. The van der Waals surface area contributed by atoms with Gasteiger partial charge in [0, 0.05) is 22.6 Å². The summed E-state index contributed by atoms with van der Waals surface area (Å²) in [5.74, 6) is -0.0258. The number of anilines is 1. The summed E-state index contributed by atoms with van der Waals surface area (Å²) in [6.07, 6.45) is 2.33. The van der Waals surface area contributed by atoms with Gasteiger partial charge in [0.2, 0.25) is 11.0 Å². The predicted molar refractivity (Wildman–Crippen MR) is 147 cm³/mol. The molecular formula is C28H27ClN4O3S. The third-order valence-corrected chi connectivity index (χ3v) is 6.67. The second kappa shape index (κ2) is 13.0. The molecule has 0 aliphatic heterocycles. The van der Waals surface area contributed by atoms with Crippen LogP contribution in [0.5, 0.6) is 5.75 Å². The van der Waals surface area contributed by atoms with Gasteiger partial charge in [-0.1, -0.05) is 78.7 Å². The molecule has 0 bridgehead atoms. The van der Waals surface area contributed by atoms with Gasteiger partial charge in [0.15, 0.2) is 0 Å². The Morgan fingerprint density at radius 2 is 1.70 bits per heavy atom. The van der Waals surface area contributed by atoms with E-state index in [1.807, 2.05) is 42.5 Å². The van der Waals surface area contributed by atoms with E-state index in [9.17, 15) is 9.59 Å². The van der Waals surface area contributed by atoms with E-state index in [-0.39, 0.29) is 11.8 Å². The van der Waals surface area contributed by atoms with Crippen molar-refractivity contribution in [1.29, 1.82) is 0 Å². The lowest BCUT2D eigenvalue weighted by Crippen LogP contribution is -2.45. The zero-order valence-corrected chi connectivity index (χ0v) is 21.9. The fraction of sp³-hybridized carbons (Fsp3) is 0.214. The number of nitrogens with one attached hydrogen (secondary N) is 2. The minimum Gasteiger partial charge on any atom is -0.494 e. The van der Waals surface area contributed by atoms with Crippen molar-refractivity contribution >= 4 is 39.9 Å². The molecule has 0 saturated carbocycles. The Morgan fingerprint density at radius 1 is 0.973 bits per heavy atom. The quantitative estimate of drug-likeness (QED) is 0.230. The van der Waals surface area contributed by atoms with Crippen molar-refractivity contribution in [3.05, 3.63) is 95.0 Å². The Labute approximate surface area is 224 Å². The van der Waals surface area contributed by atoms with Crippen molar-refractivity contribution in [2.75, 3.05) is 11.9 Å². The van der Waals surface area contributed by atoms with Gasteiger partial charge in [-0.3, -0.25) is 14.9 Å². The summed E-state index contributed by atoms with van der Waals surface area (Å²) in [4.78, 5) is 26.3. The molecule has 2 amide bonds. The standard InChI is InChI=1S/C28H27ClN4O3S/c1-2-3-17-36-23-15-11-20(12-16-23)25(34)30-24(18-19-7-5-4-6-8-19)26(35)31-28-33-32-27(37-28)21-9-13-22(29)14-10-21/h4-16,24H,2-3,17-18H2,1H3,(H,30,34)(H,31,33,35)/t24-/m1/s1. The van der Waals surface area contributed by atoms with Gasteiger partial charge in [0.25, 0.3) is 5.91 Å². The molecule has 0 unspecified atom stereocenters. The highest BCUT2D eigenvalue weighted by atomic mass is 35.5. The van der Waals surface area contributed by atoms with E-state index in [1.165, 1.54) is 11.3 Å². The molecule has 1 aromatic heterocycles. The van der Waals surface area contributed by atoms with Crippen LogP contribution in [-0.2, 0) is 11.2 Å². The Morgan fingerprint density at radius 3 is 2.41 bits per heavy atom. The number of amides is 2. The van der Waals surface area contributed by atoms with Crippen LogP contribution >= 0.6 is 22.9 Å². The van der Waals surface area contributed by atoms with Crippen LogP contribution < -0.4 is 15.4 Å². The van der Waals surface area contributed by atoms with E-state index in [1.54, 1.807) is 36.4 Å². The summed E-state index contributed by atoms with van der Waals surface area (Å²) in [5, 5.41) is 15.6. The van der Waals surface area contributed by atoms with Crippen LogP contribution in [0.3, 0.4) is 0 Å². The van der Waals surface area contributed by atoms with Crippen molar-refractivity contribution in [2.24, 2.45) is 0 Å². The first-order valence-electron chi connectivity index (χ1n) is 12.0. The molecule has 37 heavy (non-hydrogen) atoms. The number of nitrogens with zero attached hydrogens (tertiary/aromatic N) is 2. The number of benzene rings is 3. The first kappa shape index (κ1) is 26.3. The second-order valence-electron chi connectivity index (χ2n) is 8.35. The molecular weight excluding hydrogens is 508 g/mol. The molecule has 1 heterocycles. The van der Waals surface area contributed by atoms with Crippen LogP contribution in [0.25, 0.3) is 10.6 Å². The third kappa shape index (κ3) is 7.62. The topological polar surface area (TPSA) is 93.2 Å². The van der Waals surface area contributed by atoms with Gasteiger partial charge in [-0.05, 0) is 48.4 Å². The van der Waals surface area contributed by atoms with Gasteiger partial charge in [-0.25, -0.2) is 0 Å². The van der Waals surface area contributed by atoms with Crippen LogP contribution in [0, 0.1) is 0 Å². The molecule has 1 atom stereocenters. The maximum Gasteiger partial charge on any atom is 0.251 e. The minimum atomic E-state index is -0.821. The number of unbranched alkanes of at least 4 members (excludes halogenated alkanes) is 1. The highest BCUT2D eigenvalue weighted by Gasteiger charge is 2.23. The second-order valence-corrected chi connectivity index (χ2v) is 9.76. The summed E-state index contributed by atoms with van der Waals surface area (Å²) in [7, 11) is 0. The van der Waals surface area contributed by atoms with Crippen LogP contribution in [0.2, 0.25) is 5.02 Å². The smallest absolute Gasteiger partial charge is 0.251 e. The van der Waals surface area contributed by atoms with Crippen molar-refractivity contribution in [1.82, 2.24) is 15.5 Å². The lowest BCUT2D eigenvalue weighted by Gasteiger charge is -2.18. The Balaban J connectivity index is 1.45. The normalized spacial score (nSPS) is 11.5. The summed E-state index contributed by atoms with van der Waals surface area (Å²) >= 11 is 7.21. The van der Waals surface area contributed by atoms with Crippen molar-refractivity contribution in [3.63, 3.8) is 0 Å². The third-order valence-electron chi connectivity index (χ3n) is 5.53. The Kier molecular flexibility index (Phi) is 9.24. The Bertz CT molecular complexity index is 1310. The maximum atomic E-state index is 13.3. The number of hydrogen-bond acceptors (Lipinski definition) is 6. The molecule has 0 saturated heterocycles. The SMILES string of the molecule is CCCCOc1ccc(C(=O)N[C@H](Cc2ccccc2)C(=O)Nc2nnc(-c3ccc(Cl)cc3)s2)cc1. The zero-order chi connectivity index (χ0) is 26.0. The summed E-state index contributed by atoms with van der Waals surface area (Å²) in [5.41, 5.74) is 2.20. The number of hydrogen-bond donors (Lipinski definition) is 2. The number of halogens is 1. The summed E-state index contributed by atoms with van der Waals surface area (Å²) in [6.45, 7) is 2.73. The first-order valence-corrected chi connectivity index (χ1v) is 13.2. The molecule has 0 aliphatic carbocycles. The van der Waals surface area contributed by atoms with Gasteiger partial charge in [-0.15, -0.1) is 10.2 Å². The van der Waals surface area contributed by atoms with Crippen molar-refractivity contribution in [3.8, 4) is 16.3 Å². The average molecular weight is 535 g/mol. The molecule has 0 radical (unpaired) electrons. The number of carbonyl (C=O) groups excluding carboxylic acids is 2. The highest BCUT2D eigenvalue weighted by Crippen LogP contribution is 2.27. The van der Waals surface area contributed by atoms with E-state index in [0.717, 1.165) is 24.0 Å². The monoisotopic (exact) mass is 534 g/mol. The minimum absolute atomic E-state index is 0.319. The summed E-state index contributed by atoms with van der Waals surface area (Å²) in [6, 6.07) is 22.8. The van der Waals surface area contributed by atoms with Crippen LogP contribution in [-0.4, -0.2) is 34.7 Å². The van der Waals surface area contributed by atoms with Gasteiger partial charge in [0.05, 0.1) is 6.61 Å². The maximum absolute atomic E-state index is 13.3.